The van der Waals surface area contributed by atoms with Gasteiger partial charge in [-0.3, -0.25) is 24.1 Å². The lowest BCUT2D eigenvalue weighted by Crippen LogP contribution is -2.32. The number of benzene rings is 1. The summed E-state index contributed by atoms with van der Waals surface area (Å²) >= 11 is 1.43. The number of thiazole rings is 1. The second kappa shape index (κ2) is 7.42. The molecule has 0 radical (unpaired) electrons. The van der Waals surface area contributed by atoms with E-state index >= 15 is 0 Å². The monoisotopic (exact) mass is 378 g/mol. The molecule has 0 atom stereocenters. The van der Waals surface area contributed by atoms with Crippen LogP contribution >= 0.6 is 11.3 Å². The highest BCUT2D eigenvalue weighted by Crippen LogP contribution is 2.20. The van der Waals surface area contributed by atoms with Gasteiger partial charge in [0.2, 0.25) is 5.91 Å². The van der Waals surface area contributed by atoms with Gasteiger partial charge in [-0.05, 0) is 12.1 Å². The standard InChI is InChI=1S/C18H14N6O2S/c25-16(9-24-11-22-14-4-2-1-3-13(14)18(24)26)21-7-12-10-27-17(23-12)15-8-19-5-6-20-15/h1-6,8,10-11H,7,9H2,(H,21,25). The third-order valence-electron chi connectivity index (χ3n) is 3.85. The molecule has 1 N–H and O–H groups in total. The highest BCUT2D eigenvalue weighted by atomic mass is 32.1. The average Bonchev–Trinajstić information content (AvgIpc) is 3.19. The van der Waals surface area contributed by atoms with Crippen LogP contribution in [0.1, 0.15) is 5.69 Å². The van der Waals surface area contributed by atoms with Crippen LogP contribution in [0.3, 0.4) is 0 Å². The van der Waals surface area contributed by atoms with Crippen LogP contribution in [-0.4, -0.2) is 30.4 Å². The Morgan fingerprint density at radius 3 is 2.93 bits per heavy atom. The molecule has 0 unspecified atom stereocenters. The number of para-hydroxylation sites is 1. The van der Waals surface area contributed by atoms with E-state index in [1.54, 1.807) is 36.8 Å². The number of nitrogens with zero attached hydrogens (tertiary/aromatic N) is 5. The molecule has 134 valence electrons. The lowest BCUT2D eigenvalue weighted by Gasteiger charge is -2.07. The Morgan fingerprint density at radius 2 is 2.07 bits per heavy atom. The molecule has 3 heterocycles. The van der Waals surface area contributed by atoms with Crippen LogP contribution in [0.25, 0.3) is 21.6 Å². The van der Waals surface area contributed by atoms with Crippen molar-refractivity contribution in [2.24, 2.45) is 0 Å². The molecule has 4 aromatic rings. The molecule has 1 aromatic carbocycles. The van der Waals surface area contributed by atoms with Gasteiger partial charge in [0.25, 0.3) is 5.56 Å². The maximum atomic E-state index is 12.4. The largest absolute Gasteiger partial charge is 0.349 e. The second-order valence-electron chi connectivity index (χ2n) is 5.71. The predicted octanol–water partition coefficient (Wildman–Crippen LogP) is 1.63. The molecule has 0 fully saturated rings. The van der Waals surface area contributed by atoms with Crippen molar-refractivity contribution < 1.29 is 4.79 Å². The molecule has 0 spiro atoms. The average molecular weight is 378 g/mol. The van der Waals surface area contributed by atoms with E-state index in [1.807, 2.05) is 11.4 Å². The van der Waals surface area contributed by atoms with Gasteiger partial charge in [0.1, 0.15) is 17.2 Å². The number of nitrogens with one attached hydrogen (secondary N) is 1. The first-order chi connectivity index (χ1) is 13.2. The van der Waals surface area contributed by atoms with Gasteiger partial charge >= 0.3 is 0 Å². The first-order valence-electron chi connectivity index (χ1n) is 8.12. The molecule has 0 saturated heterocycles. The summed E-state index contributed by atoms with van der Waals surface area (Å²) in [5.74, 6) is -0.289. The molecule has 1 amide bonds. The smallest absolute Gasteiger partial charge is 0.261 e. The summed E-state index contributed by atoms with van der Waals surface area (Å²) in [4.78, 5) is 41.5. The molecule has 0 saturated carbocycles. The summed E-state index contributed by atoms with van der Waals surface area (Å²) in [5, 5.41) is 5.85. The van der Waals surface area contributed by atoms with E-state index in [2.05, 4.69) is 25.3 Å². The molecule has 0 bridgehead atoms. The van der Waals surface area contributed by atoms with Crippen LogP contribution in [0.4, 0.5) is 0 Å². The minimum Gasteiger partial charge on any atom is -0.349 e. The number of rotatable bonds is 5. The molecule has 9 heteroatoms. The van der Waals surface area contributed by atoms with E-state index in [4.69, 9.17) is 0 Å². The minimum absolute atomic E-state index is 0.0994. The summed E-state index contributed by atoms with van der Waals surface area (Å²) in [7, 11) is 0. The van der Waals surface area contributed by atoms with Crippen molar-refractivity contribution in [2.45, 2.75) is 13.1 Å². The van der Waals surface area contributed by atoms with Crippen molar-refractivity contribution >= 4 is 28.1 Å². The van der Waals surface area contributed by atoms with Crippen LogP contribution in [0.2, 0.25) is 0 Å². The Bertz CT molecular complexity index is 1160. The zero-order valence-electron chi connectivity index (χ0n) is 14.1. The number of hydrogen-bond acceptors (Lipinski definition) is 7. The molecule has 0 aliphatic rings. The third-order valence-corrected chi connectivity index (χ3v) is 4.76. The Hall–Kier alpha value is -3.46. The minimum atomic E-state index is -0.289. The molecule has 8 nitrogen and oxygen atoms in total. The summed E-state index contributed by atoms with van der Waals surface area (Å²) in [5.41, 5.74) is 1.78. The molecule has 0 aliphatic carbocycles. The summed E-state index contributed by atoms with van der Waals surface area (Å²) in [6, 6.07) is 7.04. The third kappa shape index (κ3) is 3.72. The normalized spacial score (nSPS) is 10.8. The number of fused-ring (bicyclic) bond motifs is 1. The van der Waals surface area contributed by atoms with Gasteiger partial charge in [0.05, 0.1) is 35.7 Å². The van der Waals surface area contributed by atoms with Gasteiger partial charge < -0.3 is 5.32 Å². The van der Waals surface area contributed by atoms with Crippen LogP contribution in [0, 0.1) is 0 Å². The van der Waals surface area contributed by atoms with Crippen LogP contribution in [-0.2, 0) is 17.9 Å². The zero-order chi connectivity index (χ0) is 18.6. The van der Waals surface area contributed by atoms with Crippen LogP contribution < -0.4 is 10.9 Å². The van der Waals surface area contributed by atoms with E-state index < -0.39 is 0 Å². The van der Waals surface area contributed by atoms with Crippen molar-refractivity contribution in [3.05, 3.63) is 70.6 Å². The topological polar surface area (TPSA) is 103 Å². The van der Waals surface area contributed by atoms with Crippen molar-refractivity contribution in [2.75, 3.05) is 0 Å². The lowest BCUT2D eigenvalue weighted by molar-refractivity contribution is -0.121. The number of carbonyl (C=O) groups is 1. The van der Waals surface area contributed by atoms with Gasteiger partial charge in [0.15, 0.2) is 0 Å². The van der Waals surface area contributed by atoms with Gasteiger partial charge in [-0.15, -0.1) is 11.3 Å². The zero-order valence-corrected chi connectivity index (χ0v) is 14.9. The molecule has 27 heavy (non-hydrogen) atoms. The number of carbonyl (C=O) groups excluding carboxylic acids is 1. The fraction of sp³-hybridized carbons (Fsp3) is 0.111. The molecular formula is C18H14N6O2S. The fourth-order valence-corrected chi connectivity index (χ4v) is 3.31. The molecule has 3 aromatic heterocycles. The molecular weight excluding hydrogens is 364 g/mol. The molecule has 4 rings (SSSR count). The van der Waals surface area contributed by atoms with Crippen molar-refractivity contribution in [3.8, 4) is 10.7 Å². The van der Waals surface area contributed by atoms with Gasteiger partial charge in [-0.2, -0.15) is 0 Å². The predicted molar refractivity (Wildman–Crippen MR) is 101 cm³/mol. The van der Waals surface area contributed by atoms with Crippen molar-refractivity contribution in [1.29, 1.82) is 0 Å². The van der Waals surface area contributed by atoms with Gasteiger partial charge in [-0.25, -0.2) is 9.97 Å². The van der Waals surface area contributed by atoms with Crippen molar-refractivity contribution in [3.63, 3.8) is 0 Å². The molecule has 0 aliphatic heterocycles. The van der Waals surface area contributed by atoms with Crippen molar-refractivity contribution in [1.82, 2.24) is 29.8 Å². The quantitative estimate of drug-likeness (QED) is 0.566. The van der Waals surface area contributed by atoms with E-state index in [0.29, 0.717) is 16.6 Å². The van der Waals surface area contributed by atoms with E-state index in [0.717, 1.165) is 10.7 Å². The SMILES string of the molecule is O=C(Cn1cnc2ccccc2c1=O)NCc1csc(-c2cnccn2)n1. The number of amides is 1. The Morgan fingerprint density at radius 1 is 1.19 bits per heavy atom. The highest BCUT2D eigenvalue weighted by molar-refractivity contribution is 7.13. The summed E-state index contributed by atoms with van der Waals surface area (Å²) in [6.45, 7) is 0.170. The second-order valence-corrected chi connectivity index (χ2v) is 6.56. The fourth-order valence-electron chi connectivity index (χ4n) is 2.53. The number of hydrogen-bond donors (Lipinski definition) is 1. The van der Waals surface area contributed by atoms with E-state index in [1.165, 1.54) is 22.2 Å². The maximum absolute atomic E-state index is 12.4. The summed E-state index contributed by atoms with van der Waals surface area (Å²) in [6.07, 6.45) is 6.23. The van der Waals surface area contributed by atoms with E-state index in [9.17, 15) is 9.59 Å². The Balaban J connectivity index is 1.41. The van der Waals surface area contributed by atoms with Gasteiger partial charge in [0, 0.05) is 17.8 Å². The highest BCUT2D eigenvalue weighted by Gasteiger charge is 2.10. The first kappa shape index (κ1) is 17.0. The number of aromatic nitrogens is 5. The summed E-state index contributed by atoms with van der Waals surface area (Å²) < 4.78 is 1.30. The van der Waals surface area contributed by atoms with Gasteiger partial charge in [-0.1, -0.05) is 12.1 Å². The Kier molecular flexibility index (Phi) is 4.67. The van der Waals surface area contributed by atoms with E-state index in [-0.39, 0.29) is 24.6 Å². The lowest BCUT2D eigenvalue weighted by atomic mass is 10.2. The Labute approximate surface area is 157 Å². The first-order valence-corrected chi connectivity index (χ1v) is 9.00. The maximum Gasteiger partial charge on any atom is 0.261 e. The van der Waals surface area contributed by atoms with Crippen LogP contribution in [0.15, 0.2) is 59.4 Å². The van der Waals surface area contributed by atoms with Crippen LogP contribution in [0.5, 0.6) is 0 Å².